The molecule has 0 saturated carbocycles. The predicted molar refractivity (Wildman–Crippen MR) is 80.0 cm³/mol. The Morgan fingerprint density at radius 2 is 2.00 bits per heavy atom. The fourth-order valence-electron chi connectivity index (χ4n) is 1.87. The number of nitro groups is 1. The summed E-state index contributed by atoms with van der Waals surface area (Å²) in [6, 6.07) is 10.5. The van der Waals surface area contributed by atoms with Crippen molar-refractivity contribution in [2.75, 3.05) is 6.61 Å². The van der Waals surface area contributed by atoms with Crippen LogP contribution in [0, 0.1) is 21.4 Å². The number of pyridine rings is 1. The van der Waals surface area contributed by atoms with E-state index in [-0.39, 0.29) is 18.8 Å². The number of nitriles is 1. The van der Waals surface area contributed by atoms with Crippen molar-refractivity contribution in [3.05, 3.63) is 68.6 Å². The Kier molecular flexibility index (Phi) is 5.07. The molecule has 0 aliphatic rings. The summed E-state index contributed by atoms with van der Waals surface area (Å²) in [7, 11) is 0. The number of hydrogen-bond donors (Lipinski definition) is 1. The quantitative estimate of drug-likeness (QED) is 0.629. The second kappa shape index (κ2) is 7.20. The number of aromatic nitrogens is 1. The Morgan fingerprint density at radius 1 is 1.30 bits per heavy atom. The highest BCUT2D eigenvalue weighted by atomic mass is 16.6. The molecule has 8 nitrogen and oxygen atoms in total. The van der Waals surface area contributed by atoms with Crippen LogP contribution in [-0.4, -0.2) is 27.3 Å². The van der Waals surface area contributed by atoms with Crippen molar-refractivity contribution >= 4 is 5.69 Å². The van der Waals surface area contributed by atoms with E-state index in [1.807, 2.05) is 6.07 Å². The first-order chi connectivity index (χ1) is 11.0. The van der Waals surface area contributed by atoms with Crippen LogP contribution in [0.4, 0.5) is 5.69 Å². The summed E-state index contributed by atoms with van der Waals surface area (Å²) in [4.78, 5) is 21.7. The highest BCUT2D eigenvalue weighted by Gasteiger charge is 2.12. The standard InChI is InChI=1S/C15H13N3O5/c16-7-11-1-4-14(5-2-11)23-10-13(19)9-17-8-12(18(21)22)3-6-15(17)20/h1-6,8,13,19H,9-10H2/t13-/m0/s1. The van der Waals surface area contributed by atoms with Gasteiger partial charge in [-0.15, -0.1) is 0 Å². The number of benzene rings is 1. The molecule has 0 fully saturated rings. The molecule has 23 heavy (non-hydrogen) atoms. The van der Waals surface area contributed by atoms with Gasteiger partial charge in [-0.25, -0.2) is 0 Å². The third-order valence-corrected chi connectivity index (χ3v) is 3.01. The van der Waals surface area contributed by atoms with Crippen molar-refractivity contribution in [1.29, 1.82) is 5.26 Å². The first kappa shape index (κ1) is 16.2. The van der Waals surface area contributed by atoms with E-state index in [0.717, 1.165) is 22.9 Å². The zero-order valence-corrected chi connectivity index (χ0v) is 12.0. The van der Waals surface area contributed by atoms with E-state index in [4.69, 9.17) is 10.00 Å². The van der Waals surface area contributed by atoms with Crippen LogP contribution in [0.25, 0.3) is 0 Å². The molecule has 0 radical (unpaired) electrons. The fraction of sp³-hybridized carbons (Fsp3) is 0.200. The average Bonchev–Trinajstić information content (AvgIpc) is 2.55. The minimum absolute atomic E-state index is 0.0962. The lowest BCUT2D eigenvalue weighted by atomic mass is 10.2. The van der Waals surface area contributed by atoms with E-state index < -0.39 is 16.6 Å². The molecule has 118 valence electrons. The Balaban J connectivity index is 1.98. The molecule has 1 atom stereocenters. The number of aliphatic hydroxyl groups is 1. The van der Waals surface area contributed by atoms with Crippen LogP contribution in [0.15, 0.2) is 47.4 Å². The van der Waals surface area contributed by atoms with Gasteiger partial charge in [0.2, 0.25) is 0 Å². The molecule has 1 heterocycles. The molecule has 2 aromatic rings. The molecule has 2 rings (SSSR count). The zero-order valence-electron chi connectivity index (χ0n) is 12.0. The third kappa shape index (κ3) is 4.39. The smallest absolute Gasteiger partial charge is 0.285 e. The van der Waals surface area contributed by atoms with Gasteiger partial charge in [-0.1, -0.05) is 0 Å². The van der Waals surface area contributed by atoms with Gasteiger partial charge in [-0.3, -0.25) is 14.9 Å². The lowest BCUT2D eigenvalue weighted by molar-refractivity contribution is -0.385. The second-order valence-electron chi connectivity index (χ2n) is 4.74. The van der Waals surface area contributed by atoms with E-state index in [9.17, 15) is 20.0 Å². The SMILES string of the molecule is N#Cc1ccc(OC[C@@H](O)Cn2cc([N+](=O)[O-])ccc2=O)cc1. The molecule has 0 aliphatic heterocycles. The summed E-state index contributed by atoms with van der Waals surface area (Å²) >= 11 is 0. The summed E-state index contributed by atoms with van der Waals surface area (Å²) in [5.74, 6) is 0.467. The lowest BCUT2D eigenvalue weighted by Gasteiger charge is -2.13. The fourth-order valence-corrected chi connectivity index (χ4v) is 1.87. The van der Waals surface area contributed by atoms with Crippen molar-refractivity contribution in [3.63, 3.8) is 0 Å². The van der Waals surface area contributed by atoms with Crippen molar-refractivity contribution in [2.24, 2.45) is 0 Å². The summed E-state index contributed by atoms with van der Waals surface area (Å²) < 4.78 is 6.41. The van der Waals surface area contributed by atoms with Gasteiger partial charge in [-0.05, 0) is 24.3 Å². The number of nitrogens with zero attached hydrogens (tertiary/aromatic N) is 3. The minimum Gasteiger partial charge on any atom is -0.491 e. The highest BCUT2D eigenvalue weighted by molar-refractivity contribution is 5.34. The average molecular weight is 315 g/mol. The number of ether oxygens (including phenoxy) is 1. The van der Waals surface area contributed by atoms with Crippen LogP contribution >= 0.6 is 0 Å². The topological polar surface area (TPSA) is 118 Å². The normalized spacial score (nSPS) is 11.5. The Labute approximate surface area is 130 Å². The predicted octanol–water partition coefficient (Wildman–Crippen LogP) is 1.07. The second-order valence-corrected chi connectivity index (χ2v) is 4.74. The molecule has 0 aliphatic carbocycles. The molecule has 0 amide bonds. The highest BCUT2D eigenvalue weighted by Crippen LogP contribution is 2.12. The molecule has 8 heteroatoms. The van der Waals surface area contributed by atoms with Crippen molar-refractivity contribution < 1.29 is 14.8 Å². The van der Waals surface area contributed by atoms with E-state index in [2.05, 4.69) is 0 Å². The molecule has 1 N–H and O–H groups in total. The maximum atomic E-state index is 11.6. The number of aliphatic hydroxyl groups excluding tert-OH is 1. The monoisotopic (exact) mass is 315 g/mol. The summed E-state index contributed by atoms with van der Waals surface area (Å²) in [6.45, 7) is -0.224. The first-order valence-electron chi connectivity index (χ1n) is 6.65. The third-order valence-electron chi connectivity index (χ3n) is 3.01. The molecule has 0 spiro atoms. The van der Waals surface area contributed by atoms with Crippen LogP contribution in [0.5, 0.6) is 5.75 Å². The molecule has 0 bridgehead atoms. The summed E-state index contributed by atoms with van der Waals surface area (Å²) in [6.07, 6.45) is 0.0538. The lowest BCUT2D eigenvalue weighted by Crippen LogP contribution is -2.29. The summed E-state index contributed by atoms with van der Waals surface area (Å²) in [5.41, 5.74) is -0.195. The zero-order chi connectivity index (χ0) is 16.8. The van der Waals surface area contributed by atoms with Crippen LogP contribution in [0.3, 0.4) is 0 Å². The van der Waals surface area contributed by atoms with Gasteiger partial charge in [0.05, 0.1) is 29.3 Å². The van der Waals surface area contributed by atoms with Gasteiger partial charge in [-0.2, -0.15) is 5.26 Å². The maximum absolute atomic E-state index is 11.6. The Bertz CT molecular complexity index is 792. The van der Waals surface area contributed by atoms with Crippen molar-refractivity contribution in [3.8, 4) is 11.8 Å². The van der Waals surface area contributed by atoms with Gasteiger partial charge in [0.25, 0.3) is 11.2 Å². The summed E-state index contributed by atoms with van der Waals surface area (Å²) in [5, 5.41) is 29.3. The van der Waals surface area contributed by atoms with E-state index in [0.29, 0.717) is 11.3 Å². The molecule has 0 unspecified atom stereocenters. The Morgan fingerprint density at radius 3 is 2.61 bits per heavy atom. The molecule has 1 aromatic carbocycles. The maximum Gasteiger partial charge on any atom is 0.285 e. The Hall–Kier alpha value is -3.18. The van der Waals surface area contributed by atoms with Gasteiger partial charge >= 0.3 is 0 Å². The van der Waals surface area contributed by atoms with Crippen molar-refractivity contribution in [2.45, 2.75) is 12.6 Å². The van der Waals surface area contributed by atoms with E-state index >= 15 is 0 Å². The van der Waals surface area contributed by atoms with Gasteiger partial charge in [0.1, 0.15) is 18.5 Å². The van der Waals surface area contributed by atoms with Gasteiger partial charge in [0.15, 0.2) is 0 Å². The molecular weight excluding hydrogens is 302 g/mol. The first-order valence-corrected chi connectivity index (χ1v) is 6.65. The van der Waals surface area contributed by atoms with Gasteiger partial charge < -0.3 is 14.4 Å². The van der Waals surface area contributed by atoms with Crippen LogP contribution in [-0.2, 0) is 6.54 Å². The van der Waals surface area contributed by atoms with E-state index in [1.54, 1.807) is 24.3 Å². The molecular formula is C15H13N3O5. The molecule has 0 saturated heterocycles. The minimum atomic E-state index is -1.02. The number of rotatable bonds is 6. The van der Waals surface area contributed by atoms with Crippen LogP contribution < -0.4 is 10.3 Å². The van der Waals surface area contributed by atoms with Crippen molar-refractivity contribution in [1.82, 2.24) is 4.57 Å². The van der Waals surface area contributed by atoms with Crippen LogP contribution in [0.2, 0.25) is 0 Å². The largest absolute Gasteiger partial charge is 0.491 e. The molecule has 1 aromatic heterocycles. The van der Waals surface area contributed by atoms with E-state index in [1.165, 1.54) is 0 Å². The van der Waals surface area contributed by atoms with Gasteiger partial charge in [0, 0.05) is 12.1 Å². The number of hydrogen-bond acceptors (Lipinski definition) is 6. The van der Waals surface area contributed by atoms with Crippen LogP contribution in [0.1, 0.15) is 5.56 Å².